The molecular formula is C24H21F4N3O3. The van der Waals surface area contributed by atoms with Gasteiger partial charge in [-0.3, -0.25) is 9.59 Å². The maximum atomic E-state index is 13.0. The molecule has 10 heteroatoms. The highest BCUT2D eigenvalue weighted by atomic mass is 19.4. The number of carbonyl (C=O) groups is 2. The number of hydrogen-bond acceptors (Lipinski definition) is 4. The van der Waals surface area contributed by atoms with Gasteiger partial charge in [0.15, 0.2) is 0 Å². The summed E-state index contributed by atoms with van der Waals surface area (Å²) >= 11 is 0. The molecule has 0 bridgehead atoms. The molecule has 0 radical (unpaired) electrons. The fraction of sp³-hybridized carbons (Fsp3) is 0.167. The van der Waals surface area contributed by atoms with Crippen LogP contribution in [0.3, 0.4) is 0 Å². The zero-order valence-electron chi connectivity index (χ0n) is 17.7. The van der Waals surface area contributed by atoms with E-state index >= 15 is 0 Å². The minimum Gasteiger partial charge on any atom is -0.394 e. The number of para-hydroxylation sites is 1. The molecule has 6 nitrogen and oxygen atoms in total. The molecule has 0 saturated carbocycles. The van der Waals surface area contributed by atoms with Crippen molar-refractivity contribution < 1.29 is 32.3 Å². The van der Waals surface area contributed by atoms with E-state index in [-0.39, 0.29) is 23.5 Å². The average Bonchev–Trinajstić information content (AvgIpc) is 2.82. The number of anilines is 2. The van der Waals surface area contributed by atoms with Gasteiger partial charge in [-0.1, -0.05) is 30.3 Å². The minimum absolute atomic E-state index is 0.0547. The van der Waals surface area contributed by atoms with Crippen LogP contribution in [-0.2, 0) is 17.5 Å². The smallest absolute Gasteiger partial charge is 0.394 e. The first-order chi connectivity index (χ1) is 16.2. The van der Waals surface area contributed by atoms with Crippen LogP contribution in [0.5, 0.6) is 0 Å². The highest BCUT2D eigenvalue weighted by molar-refractivity contribution is 6.02. The fourth-order valence-corrected chi connectivity index (χ4v) is 3.06. The van der Waals surface area contributed by atoms with Crippen molar-refractivity contribution in [2.75, 3.05) is 11.9 Å². The summed E-state index contributed by atoms with van der Waals surface area (Å²) in [6, 6.07) is 14.7. The molecule has 0 fully saturated rings. The molecule has 3 aromatic carbocycles. The molecule has 1 atom stereocenters. The lowest BCUT2D eigenvalue weighted by atomic mass is 10.1. The predicted octanol–water partition coefficient (Wildman–Crippen LogP) is 4.00. The van der Waals surface area contributed by atoms with Crippen molar-refractivity contribution in [3.63, 3.8) is 0 Å². The number of aliphatic hydroxyl groups excluding tert-OH is 1. The van der Waals surface area contributed by atoms with Crippen LogP contribution < -0.4 is 16.0 Å². The monoisotopic (exact) mass is 475 g/mol. The molecule has 178 valence electrons. The summed E-state index contributed by atoms with van der Waals surface area (Å²) in [6.07, 6.45) is -4.52. The second-order valence-corrected chi connectivity index (χ2v) is 7.30. The van der Waals surface area contributed by atoms with Crippen LogP contribution in [0.2, 0.25) is 0 Å². The van der Waals surface area contributed by atoms with Gasteiger partial charge in [0, 0.05) is 12.2 Å². The van der Waals surface area contributed by atoms with E-state index in [1.165, 1.54) is 48.5 Å². The van der Waals surface area contributed by atoms with Crippen LogP contribution in [-0.4, -0.2) is 29.6 Å². The number of hydrogen-bond donors (Lipinski definition) is 4. The van der Waals surface area contributed by atoms with E-state index in [2.05, 4.69) is 16.0 Å². The Labute approximate surface area is 192 Å². The number of rotatable bonds is 8. The van der Waals surface area contributed by atoms with Gasteiger partial charge in [-0.2, -0.15) is 13.2 Å². The Bertz CT molecular complexity index is 1150. The first kappa shape index (κ1) is 24.7. The average molecular weight is 475 g/mol. The molecule has 2 amide bonds. The summed E-state index contributed by atoms with van der Waals surface area (Å²) < 4.78 is 52.0. The van der Waals surface area contributed by atoms with Gasteiger partial charge in [0.25, 0.3) is 5.91 Å². The topological polar surface area (TPSA) is 90.5 Å². The van der Waals surface area contributed by atoms with Crippen molar-refractivity contribution in [2.24, 2.45) is 0 Å². The molecular weight excluding hydrogens is 454 g/mol. The summed E-state index contributed by atoms with van der Waals surface area (Å²) in [6.45, 7) is -0.636. The van der Waals surface area contributed by atoms with Gasteiger partial charge in [-0.05, 0) is 48.0 Å². The van der Waals surface area contributed by atoms with Gasteiger partial charge in [0.2, 0.25) is 5.91 Å². The highest BCUT2D eigenvalue weighted by Gasteiger charge is 2.30. The number of carbonyl (C=O) groups excluding carboxylic acids is 2. The number of halogens is 4. The van der Waals surface area contributed by atoms with Gasteiger partial charge in [-0.15, -0.1) is 0 Å². The molecule has 0 unspecified atom stereocenters. The number of aliphatic hydroxyl groups is 1. The van der Waals surface area contributed by atoms with Crippen molar-refractivity contribution in [1.82, 2.24) is 10.6 Å². The van der Waals surface area contributed by atoms with Gasteiger partial charge >= 0.3 is 6.18 Å². The summed E-state index contributed by atoms with van der Waals surface area (Å²) in [5, 5.41) is 17.3. The number of nitrogens with one attached hydrogen (secondary N) is 3. The van der Waals surface area contributed by atoms with Gasteiger partial charge in [0.05, 0.1) is 23.4 Å². The Kier molecular flexibility index (Phi) is 7.85. The molecule has 0 heterocycles. The molecule has 0 aliphatic rings. The van der Waals surface area contributed by atoms with E-state index in [9.17, 15) is 32.3 Å². The maximum absolute atomic E-state index is 13.0. The summed E-state index contributed by atoms with van der Waals surface area (Å²) in [5.74, 6) is -1.80. The number of amides is 2. The molecule has 34 heavy (non-hydrogen) atoms. The van der Waals surface area contributed by atoms with E-state index in [0.717, 1.165) is 12.1 Å². The zero-order valence-corrected chi connectivity index (χ0v) is 17.7. The largest absolute Gasteiger partial charge is 0.416 e. The highest BCUT2D eigenvalue weighted by Crippen LogP contribution is 2.31. The fourth-order valence-electron chi connectivity index (χ4n) is 3.06. The summed E-state index contributed by atoms with van der Waals surface area (Å²) in [5.41, 5.74) is 0.157. The third-order valence-corrected chi connectivity index (χ3v) is 4.82. The predicted molar refractivity (Wildman–Crippen MR) is 118 cm³/mol. The van der Waals surface area contributed by atoms with Crippen molar-refractivity contribution in [3.05, 3.63) is 95.3 Å². The van der Waals surface area contributed by atoms with Crippen LogP contribution in [0.15, 0.2) is 72.8 Å². The van der Waals surface area contributed by atoms with E-state index in [4.69, 9.17) is 0 Å². The second-order valence-electron chi connectivity index (χ2n) is 7.30. The van der Waals surface area contributed by atoms with Gasteiger partial charge in [-0.25, -0.2) is 4.39 Å². The van der Waals surface area contributed by atoms with Crippen LogP contribution in [0.1, 0.15) is 21.5 Å². The van der Waals surface area contributed by atoms with Crippen LogP contribution in [0.25, 0.3) is 0 Å². The Morgan fingerprint density at radius 3 is 2.32 bits per heavy atom. The quantitative estimate of drug-likeness (QED) is 0.371. The molecule has 0 aromatic heterocycles. The normalized spacial score (nSPS) is 12.0. The molecule has 3 rings (SSSR count). The second kappa shape index (κ2) is 10.8. The summed E-state index contributed by atoms with van der Waals surface area (Å²) in [7, 11) is 0. The summed E-state index contributed by atoms with van der Waals surface area (Å²) in [4.78, 5) is 25.2. The Hall–Kier alpha value is -3.92. The van der Waals surface area contributed by atoms with E-state index < -0.39 is 42.0 Å². The first-order valence-corrected chi connectivity index (χ1v) is 10.1. The van der Waals surface area contributed by atoms with Crippen LogP contribution >= 0.6 is 0 Å². The van der Waals surface area contributed by atoms with Crippen LogP contribution in [0.4, 0.5) is 28.9 Å². The minimum atomic E-state index is -4.52. The van der Waals surface area contributed by atoms with Crippen molar-refractivity contribution in [2.45, 2.75) is 18.8 Å². The third kappa shape index (κ3) is 6.55. The molecule has 0 spiro atoms. The van der Waals surface area contributed by atoms with Gasteiger partial charge < -0.3 is 21.1 Å². The SMILES string of the molecule is O=C(N[C@@H](CO)C(=O)NCc1ccc(F)cc1)c1ccccc1Nc1cccc(C(F)(F)F)c1. The maximum Gasteiger partial charge on any atom is 0.416 e. The van der Waals surface area contributed by atoms with E-state index in [1.54, 1.807) is 12.1 Å². The molecule has 3 aromatic rings. The van der Waals surface area contributed by atoms with Crippen LogP contribution in [0, 0.1) is 5.82 Å². The Balaban J connectivity index is 1.69. The Morgan fingerprint density at radius 2 is 1.65 bits per heavy atom. The lowest BCUT2D eigenvalue weighted by Gasteiger charge is -2.18. The Morgan fingerprint density at radius 1 is 0.941 bits per heavy atom. The van der Waals surface area contributed by atoms with E-state index in [1.807, 2.05) is 0 Å². The van der Waals surface area contributed by atoms with Crippen molar-refractivity contribution in [3.8, 4) is 0 Å². The molecule has 0 aliphatic heterocycles. The zero-order chi connectivity index (χ0) is 24.7. The molecule has 0 saturated heterocycles. The first-order valence-electron chi connectivity index (χ1n) is 10.1. The van der Waals surface area contributed by atoms with Crippen molar-refractivity contribution in [1.29, 1.82) is 0 Å². The van der Waals surface area contributed by atoms with E-state index in [0.29, 0.717) is 5.56 Å². The molecule has 4 N–H and O–H groups in total. The number of alkyl halides is 3. The third-order valence-electron chi connectivity index (χ3n) is 4.82. The standard InChI is InChI=1S/C24H21F4N3O3/c25-17-10-8-15(9-11-17)13-29-23(34)21(14-32)31-22(33)19-6-1-2-7-20(19)30-18-5-3-4-16(12-18)24(26,27)28/h1-12,21,30,32H,13-14H2,(H,29,34)(H,31,33)/t21-/m0/s1. The lowest BCUT2D eigenvalue weighted by Crippen LogP contribution is -2.48. The molecule has 0 aliphatic carbocycles. The number of benzene rings is 3. The van der Waals surface area contributed by atoms with Crippen molar-refractivity contribution >= 4 is 23.2 Å². The van der Waals surface area contributed by atoms with Gasteiger partial charge in [0.1, 0.15) is 11.9 Å². The lowest BCUT2D eigenvalue weighted by molar-refractivity contribution is -0.137.